The maximum absolute atomic E-state index is 12.2. The highest BCUT2D eigenvalue weighted by Gasteiger charge is 2.19. The number of pyridine rings is 1. The lowest BCUT2D eigenvalue weighted by atomic mass is 10.0. The summed E-state index contributed by atoms with van der Waals surface area (Å²) in [7, 11) is 0. The number of ether oxygens (including phenoxy) is 1. The van der Waals surface area contributed by atoms with Gasteiger partial charge in [-0.3, -0.25) is 9.78 Å². The zero-order valence-electron chi connectivity index (χ0n) is 15.2. The van der Waals surface area contributed by atoms with Crippen molar-refractivity contribution in [1.82, 2.24) is 20.0 Å². The highest BCUT2D eigenvalue weighted by Crippen LogP contribution is 2.30. The first-order chi connectivity index (χ1) is 13.1. The van der Waals surface area contributed by atoms with Crippen LogP contribution in [0, 0.1) is 17.2 Å². The summed E-state index contributed by atoms with van der Waals surface area (Å²) in [6.07, 6.45) is 3.35. The fourth-order valence-electron chi connectivity index (χ4n) is 2.54. The third-order valence-corrected chi connectivity index (χ3v) is 3.83. The molecule has 1 aromatic carbocycles. The average Bonchev–Trinajstić information content (AvgIpc) is 3.10. The Balaban J connectivity index is 1.99. The summed E-state index contributed by atoms with van der Waals surface area (Å²) < 4.78 is 6.80. The first-order valence-corrected chi connectivity index (χ1v) is 8.58. The minimum atomic E-state index is -0.371. The Morgan fingerprint density at radius 2 is 1.85 bits per heavy atom. The van der Waals surface area contributed by atoms with Crippen LogP contribution < -0.4 is 0 Å². The Kier molecular flexibility index (Phi) is 5.57. The predicted octanol–water partition coefficient (Wildman–Crippen LogP) is 3.08. The second-order valence-corrected chi connectivity index (χ2v) is 6.45. The van der Waals surface area contributed by atoms with Crippen LogP contribution in [0.15, 0.2) is 48.8 Å². The summed E-state index contributed by atoms with van der Waals surface area (Å²) in [5.41, 5.74) is 3.53. The molecule has 0 unspecified atom stereocenters. The Morgan fingerprint density at radius 1 is 1.15 bits per heavy atom. The number of carbonyl (C=O) groups excluding carboxylic acids is 1. The molecule has 0 spiro atoms. The van der Waals surface area contributed by atoms with E-state index in [-0.39, 0.29) is 18.4 Å². The van der Waals surface area contributed by atoms with Gasteiger partial charge in [0.05, 0.1) is 23.9 Å². The van der Waals surface area contributed by atoms with Gasteiger partial charge in [-0.15, -0.1) is 5.10 Å². The monoisotopic (exact) mass is 361 g/mol. The quantitative estimate of drug-likeness (QED) is 0.626. The van der Waals surface area contributed by atoms with E-state index in [9.17, 15) is 4.79 Å². The molecule has 0 bridgehead atoms. The number of esters is 1. The van der Waals surface area contributed by atoms with E-state index in [0.717, 1.165) is 11.1 Å². The molecule has 0 saturated heterocycles. The van der Waals surface area contributed by atoms with Crippen LogP contribution in [-0.4, -0.2) is 32.6 Å². The molecule has 2 heterocycles. The van der Waals surface area contributed by atoms with Crippen molar-refractivity contribution >= 4 is 5.97 Å². The van der Waals surface area contributed by atoms with Gasteiger partial charge >= 0.3 is 5.97 Å². The second-order valence-electron chi connectivity index (χ2n) is 6.45. The molecule has 7 heteroatoms. The number of benzene rings is 1. The highest BCUT2D eigenvalue weighted by molar-refractivity contribution is 5.79. The molecule has 27 heavy (non-hydrogen) atoms. The number of carbonyl (C=O) groups is 1. The lowest BCUT2D eigenvalue weighted by Gasteiger charge is -2.10. The van der Waals surface area contributed by atoms with Crippen molar-refractivity contribution in [1.29, 1.82) is 5.26 Å². The summed E-state index contributed by atoms with van der Waals surface area (Å²) in [5.74, 6) is -0.111. The van der Waals surface area contributed by atoms with Gasteiger partial charge in [-0.1, -0.05) is 31.2 Å². The van der Waals surface area contributed by atoms with Crippen LogP contribution in [-0.2, 0) is 16.1 Å². The molecule has 0 amide bonds. The Morgan fingerprint density at radius 3 is 2.48 bits per heavy atom. The Hall–Kier alpha value is -3.53. The van der Waals surface area contributed by atoms with Crippen LogP contribution in [0.25, 0.3) is 22.5 Å². The van der Waals surface area contributed by atoms with Gasteiger partial charge in [0.15, 0.2) is 0 Å². The van der Waals surface area contributed by atoms with Gasteiger partial charge in [-0.25, -0.2) is 4.68 Å². The molecular formula is C20H19N5O2. The first kappa shape index (κ1) is 18.3. The molecule has 0 saturated carbocycles. The van der Waals surface area contributed by atoms with Crippen LogP contribution in [0.1, 0.15) is 19.4 Å². The summed E-state index contributed by atoms with van der Waals surface area (Å²) in [6.45, 7) is 4.27. The summed E-state index contributed by atoms with van der Waals surface area (Å²) in [4.78, 5) is 16.2. The zero-order chi connectivity index (χ0) is 19.2. The van der Waals surface area contributed by atoms with E-state index in [2.05, 4.69) is 21.4 Å². The van der Waals surface area contributed by atoms with Crippen LogP contribution in [0.5, 0.6) is 0 Å². The molecule has 3 rings (SSSR count). The van der Waals surface area contributed by atoms with E-state index >= 15 is 0 Å². The van der Waals surface area contributed by atoms with Crippen LogP contribution >= 0.6 is 0 Å². The summed E-state index contributed by atoms with van der Waals surface area (Å²) >= 11 is 0. The van der Waals surface area contributed by atoms with Crippen LogP contribution in [0.4, 0.5) is 0 Å². The number of aromatic nitrogens is 4. The molecule has 0 aliphatic rings. The molecule has 3 aromatic rings. The molecule has 0 N–H and O–H groups in total. The van der Waals surface area contributed by atoms with Crippen molar-refractivity contribution in [3.05, 3.63) is 54.4 Å². The molecular weight excluding hydrogens is 342 g/mol. The summed E-state index contributed by atoms with van der Waals surface area (Å²) in [6, 6.07) is 12.8. The average molecular weight is 361 g/mol. The van der Waals surface area contributed by atoms with Gasteiger partial charge in [-0.05, 0) is 30.2 Å². The molecule has 0 aliphatic carbocycles. The van der Waals surface area contributed by atoms with Crippen molar-refractivity contribution in [3.8, 4) is 28.6 Å². The Labute approximate surface area is 157 Å². The van der Waals surface area contributed by atoms with Gasteiger partial charge in [0.2, 0.25) is 0 Å². The van der Waals surface area contributed by atoms with Crippen molar-refractivity contribution < 1.29 is 9.53 Å². The van der Waals surface area contributed by atoms with Crippen molar-refractivity contribution in [2.45, 2.75) is 20.4 Å². The van der Waals surface area contributed by atoms with Gasteiger partial charge in [0.25, 0.3) is 0 Å². The fraction of sp³-hybridized carbons (Fsp3) is 0.250. The minimum Gasteiger partial charge on any atom is -0.464 e. The van der Waals surface area contributed by atoms with Crippen molar-refractivity contribution in [2.24, 2.45) is 5.92 Å². The topological polar surface area (TPSA) is 93.7 Å². The molecule has 2 aromatic heterocycles. The first-order valence-electron chi connectivity index (χ1n) is 8.58. The van der Waals surface area contributed by atoms with E-state index in [1.807, 2.05) is 38.1 Å². The van der Waals surface area contributed by atoms with Gasteiger partial charge < -0.3 is 4.74 Å². The molecule has 0 radical (unpaired) electrons. The normalized spacial score (nSPS) is 10.6. The third kappa shape index (κ3) is 4.36. The number of rotatable bonds is 6. The number of hydrogen-bond donors (Lipinski definition) is 0. The third-order valence-electron chi connectivity index (χ3n) is 3.83. The van der Waals surface area contributed by atoms with E-state index in [1.54, 1.807) is 24.5 Å². The van der Waals surface area contributed by atoms with E-state index in [1.165, 1.54) is 4.68 Å². The standard InChI is InChI=1S/C20H19N5O2/c1-14(2)13-27-18(26)12-25-20(17-5-3-15(11-21)4-6-17)19(23-24-25)16-7-9-22-10-8-16/h3-10,14H,12-13H2,1-2H3. The maximum Gasteiger partial charge on any atom is 0.327 e. The largest absolute Gasteiger partial charge is 0.464 e. The highest BCUT2D eigenvalue weighted by atomic mass is 16.5. The maximum atomic E-state index is 12.2. The predicted molar refractivity (Wildman–Crippen MR) is 99.2 cm³/mol. The molecule has 136 valence electrons. The van der Waals surface area contributed by atoms with E-state index < -0.39 is 0 Å². The number of nitriles is 1. The minimum absolute atomic E-state index is 0.0415. The Bertz CT molecular complexity index is 956. The van der Waals surface area contributed by atoms with Crippen LogP contribution in [0.3, 0.4) is 0 Å². The van der Waals surface area contributed by atoms with Gasteiger partial charge in [0, 0.05) is 23.5 Å². The second kappa shape index (κ2) is 8.23. The lowest BCUT2D eigenvalue weighted by molar-refractivity contribution is -0.145. The molecule has 7 nitrogen and oxygen atoms in total. The van der Waals surface area contributed by atoms with E-state index in [4.69, 9.17) is 10.00 Å². The van der Waals surface area contributed by atoms with Crippen molar-refractivity contribution in [2.75, 3.05) is 6.61 Å². The van der Waals surface area contributed by atoms with Crippen molar-refractivity contribution in [3.63, 3.8) is 0 Å². The van der Waals surface area contributed by atoms with Crippen LogP contribution in [0.2, 0.25) is 0 Å². The van der Waals surface area contributed by atoms with Gasteiger partial charge in [0.1, 0.15) is 12.2 Å². The van der Waals surface area contributed by atoms with Gasteiger partial charge in [-0.2, -0.15) is 5.26 Å². The SMILES string of the molecule is CC(C)COC(=O)Cn1nnc(-c2ccncc2)c1-c1ccc(C#N)cc1. The molecule has 0 aliphatic heterocycles. The number of hydrogen-bond acceptors (Lipinski definition) is 6. The summed E-state index contributed by atoms with van der Waals surface area (Å²) in [5, 5.41) is 17.4. The molecule has 0 atom stereocenters. The number of nitrogens with zero attached hydrogens (tertiary/aromatic N) is 5. The zero-order valence-corrected chi connectivity index (χ0v) is 15.2. The van der Waals surface area contributed by atoms with E-state index in [0.29, 0.717) is 23.6 Å². The molecule has 0 fully saturated rings. The smallest absolute Gasteiger partial charge is 0.327 e. The lowest BCUT2D eigenvalue weighted by Crippen LogP contribution is -2.17. The fourth-order valence-corrected chi connectivity index (χ4v) is 2.54.